The van der Waals surface area contributed by atoms with Crippen LogP contribution < -0.4 is 5.32 Å². The third kappa shape index (κ3) is 1.97. The fourth-order valence-corrected chi connectivity index (χ4v) is 2.80. The summed E-state index contributed by atoms with van der Waals surface area (Å²) < 4.78 is 0. The fraction of sp³-hybridized carbons (Fsp3) is 0.500. The van der Waals surface area contributed by atoms with Crippen LogP contribution in [0.2, 0.25) is 0 Å². The summed E-state index contributed by atoms with van der Waals surface area (Å²) in [5.74, 6) is 0.101. The van der Waals surface area contributed by atoms with Crippen LogP contribution in [0.15, 0.2) is 24.3 Å². The third-order valence-electron chi connectivity index (χ3n) is 3.83. The molecule has 1 aromatic rings. The van der Waals surface area contributed by atoms with Crippen molar-refractivity contribution in [3.05, 3.63) is 29.8 Å². The van der Waals surface area contributed by atoms with E-state index in [1.807, 2.05) is 18.2 Å². The molecular weight excluding hydrogens is 228 g/mol. The van der Waals surface area contributed by atoms with Gasteiger partial charge in [0, 0.05) is 25.2 Å². The Morgan fingerprint density at radius 2 is 2.28 bits per heavy atom. The topological polar surface area (TPSA) is 52.6 Å². The molecule has 1 amide bonds. The molecule has 0 radical (unpaired) electrons. The molecule has 1 unspecified atom stereocenters. The van der Waals surface area contributed by atoms with Gasteiger partial charge in [-0.25, -0.2) is 0 Å². The van der Waals surface area contributed by atoms with Crippen LogP contribution in [-0.2, 0) is 11.2 Å². The number of hydrogen-bond acceptors (Lipinski definition) is 3. The van der Waals surface area contributed by atoms with Crippen LogP contribution in [-0.4, -0.2) is 40.6 Å². The van der Waals surface area contributed by atoms with Crippen molar-refractivity contribution in [3.8, 4) is 0 Å². The smallest absolute Gasteiger partial charge is 0.245 e. The molecule has 1 aromatic carbocycles. The zero-order valence-corrected chi connectivity index (χ0v) is 10.5. The van der Waals surface area contributed by atoms with Gasteiger partial charge in [-0.1, -0.05) is 18.2 Å². The normalized spacial score (nSPS) is 30.1. The van der Waals surface area contributed by atoms with Gasteiger partial charge in [-0.3, -0.25) is 4.79 Å². The maximum Gasteiger partial charge on any atom is 0.245 e. The summed E-state index contributed by atoms with van der Waals surface area (Å²) in [4.78, 5) is 14.1. The fourth-order valence-electron chi connectivity index (χ4n) is 2.80. The van der Waals surface area contributed by atoms with E-state index in [1.165, 1.54) is 5.56 Å². The van der Waals surface area contributed by atoms with Crippen molar-refractivity contribution in [2.75, 3.05) is 18.4 Å². The molecule has 4 nitrogen and oxygen atoms in total. The van der Waals surface area contributed by atoms with Crippen molar-refractivity contribution in [2.24, 2.45) is 0 Å². The summed E-state index contributed by atoms with van der Waals surface area (Å²) in [5, 5.41) is 13.2. The van der Waals surface area contributed by atoms with Gasteiger partial charge in [0.2, 0.25) is 5.91 Å². The number of hydrogen-bond donors (Lipinski definition) is 2. The van der Waals surface area contributed by atoms with Gasteiger partial charge in [-0.2, -0.15) is 0 Å². The van der Waals surface area contributed by atoms with E-state index in [9.17, 15) is 9.90 Å². The Kier molecular flexibility index (Phi) is 2.55. The molecular formula is C14H18N2O2. The van der Waals surface area contributed by atoms with E-state index in [0.29, 0.717) is 19.5 Å². The summed E-state index contributed by atoms with van der Waals surface area (Å²) in [5.41, 5.74) is 1.53. The van der Waals surface area contributed by atoms with Gasteiger partial charge < -0.3 is 15.3 Å². The van der Waals surface area contributed by atoms with E-state index in [0.717, 1.165) is 12.1 Å². The molecule has 2 N–H and O–H groups in total. The zero-order valence-electron chi connectivity index (χ0n) is 10.5. The second-order valence-corrected chi connectivity index (χ2v) is 5.56. The number of carbonyl (C=O) groups excluding carboxylic acids is 1. The number of rotatable bonds is 1. The first-order valence-electron chi connectivity index (χ1n) is 6.41. The minimum absolute atomic E-state index is 0.101. The molecule has 0 bridgehead atoms. The molecule has 3 rings (SSSR count). The molecule has 0 spiro atoms. The molecule has 18 heavy (non-hydrogen) atoms. The lowest BCUT2D eigenvalue weighted by Gasteiger charge is -2.22. The summed E-state index contributed by atoms with van der Waals surface area (Å²) >= 11 is 0. The minimum atomic E-state index is -0.721. The number of nitrogens with zero attached hydrogens (tertiary/aromatic N) is 1. The van der Waals surface area contributed by atoms with Gasteiger partial charge in [0.25, 0.3) is 0 Å². The first-order valence-corrected chi connectivity index (χ1v) is 6.41. The number of β-amino-alcohol motifs (C(OH)–C–C–N with tert-alkyl or cyclic N) is 1. The summed E-state index contributed by atoms with van der Waals surface area (Å²) in [7, 11) is 0. The van der Waals surface area contributed by atoms with Crippen LogP contribution >= 0.6 is 0 Å². The average Bonchev–Trinajstić information content (AvgIpc) is 2.91. The van der Waals surface area contributed by atoms with Crippen molar-refractivity contribution in [2.45, 2.75) is 31.4 Å². The van der Waals surface area contributed by atoms with Crippen LogP contribution in [0.3, 0.4) is 0 Å². The number of anilines is 1. The molecule has 4 heteroatoms. The zero-order chi connectivity index (χ0) is 12.8. The lowest BCUT2D eigenvalue weighted by Crippen LogP contribution is -2.42. The Bertz CT molecular complexity index is 459. The molecule has 1 fully saturated rings. The molecule has 1 saturated heterocycles. The van der Waals surface area contributed by atoms with Gasteiger partial charge in [-0.05, 0) is 25.0 Å². The highest BCUT2D eigenvalue weighted by molar-refractivity contribution is 5.87. The average molecular weight is 246 g/mol. The van der Waals surface area contributed by atoms with Gasteiger partial charge in [0.15, 0.2) is 0 Å². The molecule has 2 heterocycles. The van der Waals surface area contributed by atoms with Crippen molar-refractivity contribution < 1.29 is 9.90 Å². The molecule has 0 aliphatic carbocycles. The number of amides is 1. The Morgan fingerprint density at radius 3 is 2.94 bits per heavy atom. The van der Waals surface area contributed by atoms with Crippen molar-refractivity contribution in [1.82, 2.24) is 4.90 Å². The number of nitrogens with one attached hydrogen (secondary N) is 1. The van der Waals surface area contributed by atoms with Crippen LogP contribution in [0, 0.1) is 0 Å². The predicted octanol–water partition coefficient (Wildman–Crippen LogP) is 1.01. The third-order valence-corrected chi connectivity index (χ3v) is 3.83. The monoisotopic (exact) mass is 246 g/mol. The molecule has 0 aromatic heterocycles. The second kappa shape index (κ2) is 3.99. The number of carbonyl (C=O) groups is 1. The lowest BCUT2D eigenvalue weighted by atomic mass is 10.1. The van der Waals surface area contributed by atoms with Crippen molar-refractivity contribution in [3.63, 3.8) is 0 Å². The van der Waals surface area contributed by atoms with Crippen LogP contribution in [0.1, 0.15) is 18.9 Å². The number of likely N-dealkylation sites (tertiary alicyclic amines) is 1. The van der Waals surface area contributed by atoms with Gasteiger partial charge >= 0.3 is 0 Å². The highest BCUT2D eigenvalue weighted by atomic mass is 16.3. The maximum absolute atomic E-state index is 12.4. The van der Waals surface area contributed by atoms with E-state index in [-0.39, 0.29) is 11.9 Å². The number of aliphatic hydroxyl groups is 1. The highest BCUT2D eigenvalue weighted by Crippen LogP contribution is 2.28. The predicted molar refractivity (Wildman–Crippen MR) is 69.4 cm³/mol. The van der Waals surface area contributed by atoms with Crippen LogP contribution in [0.25, 0.3) is 0 Å². The standard InChI is InChI=1S/C14H18N2O2/c1-14(18)6-7-16(9-14)13(17)12-8-10-4-2-3-5-11(10)15-12/h2-5,12,15,18H,6-9H2,1H3/t12-,14?/m0/s1. The van der Waals surface area contributed by atoms with E-state index >= 15 is 0 Å². The lowest BCUT2D eigenvalue weighted by molar-refractivity contribution is -0.131. The Balaban J connectivity index is 1.70. The van der Waals surface area contributed by atoms with Gasteiger partial charge in [-0.15, -0.1) is 0 Å². The molecule has 0 saturated carbocycles. The summed E-state index contributed by atoms with van der Waals surface area (Å²) in [6.45, 7) is 2.89. The van der Waals surface area contributed by atoms with E-state index < -0.39 is 5.60 Å². The van der Waals surface area contributed by atoms with E-state index in [4.69, 9.17) is 0 Å². The minimum Gasteiger partial charge on any atom is -0.388 e. The van der Waals surface area contributed by atoms with Crippen molar-refractivity contribution >= 4 is 11.6 Å². The Labute approximate surface area is 107 Å². The molecule has 2 aliphatic heterocycles. The first-order chi connectivity index (χ1) is 8.55. The Hall–Kier alpha value is -1.55. The highest BCUT2D eigenvalue weighted by Gasteiger charge is 2.38. The summed E-state index contributed by atoms with van der Waals surface area (Å²) in [6.07, 6.45) is 1.41. The number of benzene rings is 1. The second-order valence-electron chi connectivity index (χ2n) is 5.56. The van der Waals surface area contributed by atoms with Crippen LogP contribution in [0.5, 0.6) is 0 Å². The van der Waals surface area contributed by atoms with Gasteiger partial charge in [0.05, 0.1) is 5.60 Å². The largest absolute Gasteiger partial charge is 0.388 e. The molecule has 2 atom stereocenters. The summed E-state index contributed by atoms with van der Waals surface area (Å²) in [6, 6.07) is 7.85. The number of para-hydroxylation sites is 1. The van der Waals surface area contributed by atoms with E-state index in [2.05, 4.69) is 11.4 Å². The SMILES string of the molecule is CC1(O)CCN(C(=O)[C@@H]2Cc3ccccc3N2)C1. The van der Waals surface area contributed by atoms with E-state index in [1.54, 1.807) is 11.8 Å². The molecule has 96 valence electrons. The van der Waals surface area contributed by atoms with Gasteiger partial charge in [0.1, 0.15) is 6.04 Å². The first kappa shape index (κ1) is 11.5. The molecule has 2 aliphatic rings. The number of fused-ring (bicyclic) bond motifs is 1. The quantitative estimate of drug-likeness (QED) is 0.777. The van der Waals surface area contributed by atoms with Crippen LogP contribution in [0.4, 0.5) is 5.69 Å². The Morgan fingerprint density at radius 1 is 1.50 bits per heavy atom. The maximum atomic E-state index is 12.4. The van der Waals surface area contributed by atoms with Crippen molar-refractivity contribution in [1.29, 1.82) is 0 Å².